The van der Waals surface area contributed by atoms with E-state index in [4.69, 9.17) is 9.47 Å². The van der Waals surface area contributed by atoms with Crippen molar-refractivity contribution in [2.24, 2.45) is 11.8 Å². The molecule has 4 atom stereocenters. The van der Waals surface area contributed by atoms with E-state index in [0.29, 0.717) is 23.4 Å². The molecule has 2 aliphatic heterocycles. The molecule has 3 heterocycles. The summed E-state index contributed by atoms with van der Waals surface area (Å²) in [6, 6.07) is 7.95. The number of thiophene rings is 1. The zero-order chi connectivity index (χ0) is 23.2. The molecule has 0 saturated carbocycles. The monoisotopic (exact) mass is 457 g/mol. The van der Waals surface area contributed by atoms with Gasteiger partial charge in [0.05, 0.1) is 31.2 Å². The molecule has 7 nitrogen and oxygen atoms in total. The van der Waals surface area contributed by atoms with Gasteiger partial charge in [-0.2, -0.15) is 0 Å². The van der Waals surface area contributed by atoms with Gasteiger partial charge in [0.1, 0.15) is 10.6 Å². The fraction of sp³-hybridized carbons (Fsp3) is 0.458. The lowest BCUT2D eigenvalue weighted by Crippen LogP contribution is -2.41. The number of amides is 1. The van der Waals surface area contributed by atoms with Crippen LogP contribution in [0.1, 0.15) is 49.5 Å². The second-order valence-corrected chi connectivity index (χ2v) is 10.2. The molecule has 1 aromatic carbocycles. The summed E-state index contributed by atoms with van der Waals surface area (Å²) < 4.78 is 10.7. The summed E-state index contributed by atoms with van der Waals surface area (Å²) in [5, 5.41) is 14.6. The highest BCUT2D eigenvalue weighted by Crippen LogP contribution is 2.45. The van der Waals surface area contributed by atoms with Crippen molar-refractivity contribution in [1.82, 2.24) is 0 Å². The molecule has 2 aromatic rings. The van der Waals surface area contributed by atoms with Gasteiger partial charge in [0.25, 0.3) is 0 Å². The number of nitrogens with one attached hydrogen (secondary N) is 1. The SMILES string of the molecule is COC(=O)c1c(-c2ccc(C(C)(C)C)cc2)csc1NC(=O)[C@H]1[C@@H](C(=O)O)[C@@H]2CC[C@H]1O2. The van der Waals surface area contributed by atoms with Crippen molar-refractivity contribution in [2.75, 3.05) is 12.4 Å². The first-order valence-electron chi connectivity index (χ1n) is 10.6. The smallest absolute Gasteiger partial charge is 0.341 e. The minimum Gasteiger partial charge on any atom is -0.481 e. The number of anilines is 1. The molecular weight excluding hydrogens is 430 g/mol. The summed E-state index contributed by atoms with van der Waals surface area (Å²) >= 11 is 1.22. The first-order valence-corrected chi connectivity index (χ1v) is 11.5. The zero-order valence-corrected chi connectivity index (χ0v) is 19.3. The number of hydrogen-bond donors (Lipinski definition) is 2. The molecule has 8 heteroatoms. The van der Waals surface area contributed by atoms with Crippen LogP contribution in [-0.4, -0.2) is 42.3 Å². The fourth-order valence-electron chi connectivity index (χ4n) is 4.64. The maximum atomic E-state index is 13.1. The molecule has 2 fully saturated rings. The number of carboxylic acids is 1. The molecule has 0 spiro atoms. The highest BCUT2D eigenvalue weighted by molar-refractivity contribution is 7.15. The third-order valence-electron chi connectivity index (χ3n) is 6.34. The number of fused-ring (bicyclic) bond motifs is 2. The number of esters is 1. The predicted molar refractivity (Wildman–Crippen MR) is 121 cm³/mol. The summed E-state index contributed by atoms with van der Waals surface area (Å²) in [6.07, 6.45) is 0.458. The highest BCUT2D eigenvalue weighted by Gasteiger charge is 2.55. The Morgan fingerprint density at radius 1 is 1.09 bits per heavy atom. The quantitative estimate of drug-likeness (QED) is 0.649. The molecule has 2 aliphatic rings. The Labute approximate surface area is 190 Å². The maximum absolute atomic E-state index is 13.1. The number of hydrogen-bond acceptors (Lipinski definition) is 6. The molecule has 2 N–H and O–H groups in total. The van der Waals surface area contributed by atoms with Gasteiger partial charge in [0, 0.05) is 10.9 Å². The van der Waals surface area contributed by atoms with Crippen LogP contribution in [-0.2, 0) is 24.5 Å². The van der Waals surface area contributed by atoms with Crippen LogP contribution in [0.3, 0.4) is 0 Å². The molecule has 170 valence electrons. The minimum atomic E-state index is -1.03. The normalized spacial score (nSPS) is 24.4. The van der Waals surface area contributed by atoms with Crippen LogP contribution < -0.4 is 5.32 Å². The average molecular weight is 458 g/mol. The van der Waals surface area contributed by atoms with E-state index < -0.39 is 41.9 Å². The van der Waals surface area contributed by atoms with Gasteiger partial charge in [-0.15, -0.1) is 11.3 Å². The van der Waals surface area contributed by atoms with Crippen LogP contribution in [0.5, 0.6) is 0 Å². The van der Waals surface area contributed by atoms with Gasteiger partial charge < -0.3 is 19.9 Å². The van der Waals surface area contributed by atoms with E-state index in [-0.39, 0.29) is 11.0 Å². The molecule has 0 unspecified atom stereocenters. The van der Waals surface area contributed by atoms with Gasteiger partial charge in [0.2, 0.25) is 5.91 Å². The molecule has 1 amide bonds. The number of carboxylic acid groups (broad SMARTS) is 1. The molecule has 4 rings (SSSR count). The lowest BCUT2D eigenvalue weighted by Gasteiger charge is -2.23. The van der Waals surface area contributed by atoms with E-state index in [0.717, 1.165) is 5.56 Å². The van der Waals surface area contributed by atoms with Crippen molar-refractivity contribution in [2.45, 2.75) is 51.2 Å². The lowest BCUT2D eigenvalue weighted by atomic mass is 9.78. The second-order valence-electron chi connectivity index (χ2n) is 9.34. The fourth-order valence-corrected chi connectivity index (χ4v) is 5.60. The largest absolute Gasteiger partial charge is 0.481 e. The summed E-state index contributed by atoms with van der Waals surface area (Å²) in [6.45, 7) is 6.39. The number of methoxy groups -OCH3 is 1. The van der Waals surface area contributed by atoms with Crippen LogP contribution in [0.2, 0.25) is 0 Å². The van der Waals surface area contributed by atoms with Crippen LogP contribution in [0.15, 0.2) is 29.6 Å². The average Bonchev–Trinajstić information content (AvgIpc) is 3.47. The van der Waals surface area contributed by atoms with Crippen LogP contribution in [0.25, 0.3) is 11.1 Å². The first-order chi connectivity index (χ1) is 15.1. The summed E-state index contributed by atoms with van der Waals surface area (Å²) in [7, 11) is 1.29. The topological polar surface area (TPSA) is 102 Å². The number of ether oxygens (including phenoxy) is 2. The molecular formula is C24H27NO6S. The van der Waals surface area contributed by atoms with E-state index >= 15 is 0 Å². The van der Waals surface area contributed by atoms with Crippen LogP contribution in [0.4, 0.5) is 5.00 Å². The van der Waals surface area contributed by atoms with Crippen molar-refractivity contribution in [1.29, 1.82) is 0 Å². The predicted octanol–water partition coefficient (Wildman–Crippen LogP) is 4.32. The molecule has 0 aliphatic carbocycles. The first kappa shape index (κ1) is 22.5. The Morgan fingerprint density at radius 3 is 2.28 bits per heavy atom. The van der Waals surface area contributed by atoms with Crippen molar-refractivity contribution in [3.8, 4) is 11.1 Å². The van der Waals surface area contributed by atoms with E-state index in [1.807, 2.05) is 24.3 Å². The Bertz CT molecular complexity index is 1050. The summed E-state index contributed by atoms with van der Waals surface area (Å²) in [4.78, 5) is 37.5. The number of aliphatic carboxylic acids is 1. The lowest BCUT2D eigenvalue weighted by molar-refractivity contribution is -0.147. The second kappa shape index (κ2) is 8.33. The van der Waals surface area contributed by atoms with Gasteiger partial charge >= 0.3 is 11.9 Å². The Balaban J connectivity index is 1.64. The highest BCUT2D eigenvalue weighted by atomic mass is 32.1. The standard InChI is InChI=1S/C24H27NO6S/c1-24(2,3)13-7-5-12(6-8-13)14-11-32-21(17(14)23(29)30-4)25-20(26)18-15-9-10-16(31-15)19(18)22(27)28/h5-8,11,15-16,18-19H,9-10H2,1-4H3,(H,25,26)(H,27,28)/t15-,16+,18-,19+/m1/s1. The van der Waals surface area contributed by atoms with Crippen molar-refractivity contribution >= 4 is 34.2 Å². The summed E-state index contributed by atoms with van der Waals surface area (Å²) in [5.41, 5.74) is 2.94. The van der Waals surface area contributed by atoms with Gasteiger partial charge in [-0.1, -0.05) is 45.0 Å². The van der Waals surface area contributed by atoms with E-state index in [1.165, 1.54) is 24.0 Å². The number of benzene rings is 1. The van der Waals surface area contributed by atoms with Gasteiger partial charge in [0.15, 0.2) is 0 Å². The van der Waals surface area contributed by atoms with Crippen LogP contribution >= 0.6 is 11.3 Å². The number of carbonyl (C=O) groups is 3. The molecule has 0 radical (unpaired) electrons. The van der Waals surface area contributed by atoms with Gasteiger partial charge in [-0.25, -0.2) is 4.79 Å². The van der Waals surface area contributed by atoms with E-state index in [2.05, 4.69) is 26.1 Å². The number of rotatable bonds is 5. The third kappa shape index (κ3) is 3.93. The molecule has 1 aromatic heterocycles. The van der Waals surface area contributed by atoms with Crippen molar-refractivity contribution in [3.05, 3.63) is 40.8 Å². The maximum Gasteiger partial charge on any atom is 0.341 e. The Morgan fingerprint density at radius 2 is 1.72 bits per heavy atom. The van der Waals surface area contributed by atoms with E-state index in [9.17, 15) is 19.5 Å². The zero-order valence-electron chi connectivity index (χ0n) is 18.5. The summed E-state index contributed by atoms with van der Waals surface area (Å²) in [5.74, 6) is -3.69. The van der Waals surface area contributed by atoms with Gasteiger partial charge in [-0.3, -0.25) is 9.59 Å². The number of carbonyl (C=O) groups excluding carboxylic acids is 2. The molecule has 32 heavy (non-hydrogen) atoms. The Hall–Kier alpha value is -2.71. The Kier molecular flexibility index (Phi) is 5.85. The van der Waals surface area contributed by atoms with Crippen molar-refractivity contribution in [3.63, 3.8) is 0 Å². The minimum absolute atomic E-state index is 0.000902. The third-order valence-corrected chi connectivity index (χ3v) is 7.24. The van der Waals surface area contributed by atoms with Crippen LogP contribution in [0, 0.1) is 11.8 Å². The molecule has 2 bridgehead atoms. The van der Waals surface area contributed by atoms with E-state index in [1.54, 1.807) is 5.38 Å². The molecule has 2 saturated heterocycles. The van der Waals surface area contributed by atoms with Gasteiger partial charge in [-0.05, 0) is 29.4 Å². The van der Waals surface area contributed by atoms with Crippen molar-refractivity contribution < 1.29 is 29.0 Å².